The molecule has 0 radical (unpaired) electrons. The Labute approximate surface area is 120 Å². The lowest BCUT2D eigenvalue weighted by atomic mass is 9.81. The lowest BCUT2D eigenvalue weighted by molar-refractivity contribution is -0.0498. The Morgan fingerprint density at radius 2 is 2.25 bits per heavy atom. The molecule has 1 amide bonds. The SMILES string of the molecule is CC1(CNC(=O)c2sccc2OC(F)F)CCNCC1. The van der Waals surface area contributed by atoms with Crippen molar-refractivity contribution >= 4 is 17.2 Å². The van der Waals surface area contributed by atoms with Crippen molar-refractivity contribution in [3.05, 3.63) is 16.3 Å². The van der Waals surface area contributed by atoms with Crippen LogP contribution < -0.4 is 15.4 Å². The molecule has 1 aliphatic rings. The Bertz CT molecular complexity index is 459. The predicted octanol–water partition coefficient (Wildman–Crippen LogP) is 2.47. The van der Waals surface area contributed by atoms with E-state index in [0.29, 0.717) is 6.54 Å². The van der Waals surface area contributed by atoms with Gasteiger partial charge in [0.2, 0.25) is 0 Å². The van der Waals surface area contributed by atoms with Gasteiger partial charge in [-0.05, 0) is 42.8 Å². The van der Waals surface area contributed by atoms with Gasteiger partial charge in [0.1, 0.15) is 10.6 Å². The summed E-state index contributed by atoms with van der Waals surface area (Å²) in [6, 6.07) is 1.39. The molecule has 20 heavy (non-hydrogen) atoms. The van der Waals surface area contributed by atoms with E-state index in [-0.39, 0.29) is 21.9 Å². The van der Waals surface area contributed by atoms with E-state index in [4.69, 9.17) is 0 Å². The number of hydrogen-bond donors (Lipinski definition) is 2. The molecule has 0 bridgehead atoms. The highest BCUT2D eigenvalue weighted by atomic mass is 32.1. The summed E-state index contributed by atoms with van der Waals surface area (Å²) in [6.45, 7) is 1.62. The van der Waals surface area contributed by atoms with Gasteiger partial charge >= 0.3 is 6.61 Å². The van der Waals surface area contributed by atoms with E-state index >= 15 is 0 Å². The van der Waals surface area contributed by atoms with E-state index in [1.165, 1.54) is 6.07 Å². The lowest BCUT2D eigenvalue weighted by Gasteiger charge is -2.34. The maximum atomic E-state index is 12.2. The molecule has 2 rings (SSSR count). The first-order valence-electron chi connectivity index (χ1n) is 6.51. The summed E-state index contributed by atoms with van der Waals surface area (Å²) in [6.07, 6.45) is 1.97. The van der Waals surface area contributed by atoms with Crippen LogP contribution in [0.25, 0.3) is 0 Å². The minimum atomic E-state index is -2.92. The third-order valence-electron chi connectivity index (χ3n) is 3.54. The van der Waals surface area contributed by atoms with E-state index in [0.717, 1.165) is 37.3 Å². The van der Waals surface area contributed by atoms with Crippen LogP contribution in [-0.2, 0) is 0 Å². The van der Waals surface area contributed by atoms with Crippen LogP contribution in [0.5, 0.6) is 5.75 Å². The van der Waals surface area contributed by atoms with Gasteiger partial charge in [-0.2, -0.15) is 8.78 Å². The number of hydrogen-bond acceptors (Lipinski definition) is 4. The van der Waals surface area contributed by atoms with Gasteiger partial charge in [0, 0.05) is 6.54 Å². The summed E-state index contributed by atoms with van der Waals surface area (Å²) >= 11 is 1.10. The number of carbonyl (C=O) groups is 1. The van der Waals surface area contributed by atoms with E-state index in [1.54, 1.807) is 5.38 Å². The zero-order chi connectivity index (χ0) is 14.6. The number of halogens is 2. The van der Waals surface area contributed by atoms with Gasteiger partial charge in [0.05, 0.1) is 0 Å². The summed E-state index contributed by atoms with van der Waals surface area (Å²) < 4.78 is 28.8. The molecule has 112 valence electrons. The normalized spacial score (nSPS) is 18.0. The van der Waals surface area contributed by atoms with Crippen molar-refractivity contribution in [2.45, 2.75) is 26.4 Å². The third-order valence-corrected chi connectivity index (χ3v) is 4.43. The van der Waals surface area contributed by atoms with Crippen LogP contribution in [0.3, 0.4) is 0 Å². The second-order valence-electron chi connectivity index (χ2n) is 5.24. The number of nitrogens with one attached hydrogen (secondary N) is 2. The minimum Gasteiger partial charge on any atom is -0.433 e. The summed E-state index contributed by atoms with van der Waals surface area (Å²) in [4.78, 5) is 12.2. The van der Waals surface area contributed by atoms with Gasteiger partial charge in [-0.15, -0.1) is 11.3 Å². The molecule has 1 aromatic rings. The molecular weight excluding hydrogens is 286 g/mol. The van der Waals surface area contributed by atoms with Crippen molar-refractivity contribution in [3.8, 4) is 5.75 Å². The maximum Gasteiger partial charge on any atom is 0.387 e. The molecule has 1 aromatic heterocycles. The number of thiophene rings is 1. The monoisotopic (exact) mass is 304 g/mol. The first-order chi connectivity index (χ1) is 9.50. The van der Waals surface area contributed by atoms with Crippen LogP contribution in [0.2, 0.25) is 0 Å². The average Bonchev–Trinajstić information content (AvgIpc) is 2.84. The molecule has 1 saturated heterocycles. The second kappa shape index (κ2) is 6.49. The Morgan fingerprint density at radius 1 is 1.55 bits per heavy atom. The quantitative estimate of drug-likeness (QED) is 0.878. The predicted molar refractivity (Wildman–Crippen MR) is 73.5 cm³/mol. The van der Waals surface area contributed by atoms with Crippen LogP contribution in [0.1, 0.15) is 29.4 Å². The Hall–Kier alpha value is -1.21. The Morgan fingerprint density at radius 3 is 2.90 bits per heavy atom. The number of piperidine rings is 1. The average molecular weight is 304 g/mol. The number of ether oxygens (including phenoxy) is 1. The number of amides is 1. The smallest absolute Gasteiger partial charge is 0.387 e. The standard InChI is InChI=1S/C13H18F2N2O2S/c1-13(3-5-16-6-4-13)8-17-11(18)10-9(2-7-20-10)19-12(14)15/h2,7,12,16H,3-6,8H2,1H3,(H,17,18). The molecule has 0 unspecified atom stereocenters. The summed E-state index contributed by atoms with van der Waals surface area (Å²) in [5.74, 6) is -0.409. The highest BCUT2D eigenvalue weighted by Gasteiger charge is 2.28. The second-order valence-corrected chi connectivity index (χ2v) is 6.15. The van der Waals surface area contributed by atoms with Crippen LogP contribution in [0, 0.1) is 5.41 Å². The van der Waals surface area contributed by atoms with E-state index in [2.05, 4.69) is 22.3 Å². The zero-order valence-electron chi connectivity index (χ0n) is 11.2. The Kier molecular flexibility index (Phi) is 4.93. The fourth-order valence-electron chi connectivity index (χ4n) is 2.23. The summed E-state index contributed by atoms with van der Waals surface area (Å²) in [5.41, 5.74) is 0.0574. The van der Waals surface area contributed by atoms with Gasteiger partial charge in [-0.25, -0.2) is 0 Å². The molecule has 0 saturated carbocycles. The zero-order valence-corrected chi connectivity index (χ0v) is 12.1. The molecular formula is C13H18F2N2O2S. The first kappa shape index (κ1) is 15.2. The molecule has 1 aliphatic heterocycles. The molecule has 0 atom stereocenters. The topological polar surface area (TPSA) is 50.4 Å². The lowest BCUT2D eigenvalue weighted by Crippen LogP contribution is -2.42. The van der Waals surface area contributed by atoms with Crippen molar-refractivity contribution in [2.24, 2.45) is 5.41 Å². The van der Waals surface area contributed by atoms with Crippen molar-refractivity contribution < 1.29 is 18.3 Å². The van der Waals surface area contributed by atoms with Gasteiger partial charge in [0.25, 0.3) is 5.91 Å². The van der Waals surface area contributed by atoms with E-state index in [1.807, 2.05) is 0 Å². The first-order valence-corrected chi connectivity index (χ1v) is 7.39. The fourth-order valence-corrected chi connectivity index (χ4v) is 2.97. The van der Waals surface area contributed by atoms with Crippen LogP contribution in [0.15, 0.2) is 11.4 Å². The summed E-state index contributed by atoms with van der Waals surface area (Å²) in [5, 5.41) is 7.67. The van der Waals surface area contributed by atoms with Gasteiger partial charge in [-0.1, -0.05) is 6.92 Å². The fraction of sp³-hybridized carbons (Fsp3) is 0.615. The molecule has 0 aromatic carbocycles. The van der Waals surface area contributed by atoms with Crippen molar-refractivity contribution in [1.29, 1.82) is 0 Å². The van der Waals surface area contributed by atoms with Gasteiger partial charge < -0.3 is 15.4 Å². The van der Waals surface area contributed by atoms with Crippen molar-refractivity contribution in [1.82, 2.24) is 10.6 Å². The third kappa shape index (κ3) is 3.89. The van der Waals surface area contributed by atoms with Gasteiger partial charge in [0.15, 0.2) is 0 Å². The van der Waals surface area contributed by atoms with Gasteiger partial charge in [-0.3, -0.25) is 4.79 Å². The Balaban J connectivity index is 1.93. The molecule has 0 spiro atoms. The largest absolute Gasteiger partial charge is 0.433 e. The highest BCUT2D eigenvalue weighted by molar-refractivity contribution is 7.12. The van der Waals surface area contributed by atoms with Crippen molar-refractivity contribution in [3.63, 3.8) is 0 Å². The minimum absolute atomic E-state index is 0.0574. The molecule has 0 aliphatic carbocycles. The van der Waals surface area contributed by atoms with E-state index < -0.39 is 6.61 Å². The molecule has 7 heteroatoms. The molecule has 2 N–H and O–H groups in total. The number of carbonyl (C=O) groups excluding carboxylic acids is 1. The summed E-state index contributed by atoms with van der Waals surface area (Å²) in [7, 11) is 0. The molecule has 2 heterocycles. The molecule has 4 nitrogen and oxygen atoms in total. The van der Waals surface area contributed by atoms with E-state index in [9.17, 15) is 13.6 Å². The molecule has 1 fully saturated rings. The number of alkyl halides is 2. The maximum absolute atomic E-state index is 12.2. The van der Waals surface area contributed by atoms with Crippen LogP contribution in [-0.4, -0.2) is 32.2 Å². The van der Waals surface area contributed by atoms with Crippen LogP contribution >= 0.6 is 11.3 Å². The number of rotatable bonds is 5. The highest BCUT2D eigenvalue weighted by Crippen LogP contribution is 2.29. The van der Waals surface area contributed by atoms with Crippen LogP contribution in [0.4, 0.5) is 8.78 Å². The van der Waals surface area contributed by atoms with Crippen molar-refractivity contribution in [2.75, 3.05) is 19.6 Å².